The van der Waals surface area contributed by atoms with Crippen LogP contribution >= 0.6 is 22.9 Å². The highest BCUT2D eigenvalue weighted by Crippen LogP contribution is 2.28. The zero-order valence-corrected chi connectivity index (χ0v) is 8.92. The van der Waals surface area contributed by atoms with Crippen LogP contribution in [0.15, 0.2) is 41.1 Å². The summed E-state index contributed by atoms with van der Waals surface area (Å²) >= 11 is 7.54. The minimum Gasteiger partial charge on any atom is -0.384 e. The van der Waals surface area contributed by atoms with Crippen molar-refractivity contribution in [3.63, 3.8) is 0 Å². The minimum atomic E-state index is -0.616. The van der Waals surface area contributed by atoms with Crippen molar-refractivity contribution < 1.29 is 5.11 Å². The van der Waals surface area contributed by atoms with Gasteiger partial charge >= 0.3 is 0 Å². The summed E-state index contributed by atoms with van der Waals surface area (Å²) in [6.45, 7) is 0. The van der Waals surface area contributed by atoms with E-state index in [1.165, 1.54) is 0 Å². The van der Waals surface area contributed by atoms with Crippen LogP contribution in [0.4, 0.5) is 0 Å². The Morgan fingerprint density at radius 1 is 1.21 bits per heavy atom. The van der Waals surface area contributed by atoms with Crippen LogP contribution < -0.4 is 0 Å². The lowest BCUT2D eigenvalue weighted by Crippen LogP contribution is -1.98. The Morgan fingerprint density at radius 2 is 2.00 bits per heavy atom. The van der Waals surface area contributed by atoms with Gasteiger partial charge in [0.25, 0.3) is 0 Å². The van der Waals surface area contributed by atoms with Gasteiger partial charge in [0.2, 0.25) is 0 Å². The number of halogens is 1. The molecule has 0 spiro atoms. The maximum Gasteiger partial charge on any atom is 0.106 e. The molecule has 0 saturated heterocycles. The second kappa shape index (κ2) is 4.13. The molecule has 2 rings (SSSR count). The summed E-state index contributed by atoms with van der Waals surface area (Å²) in [6, 6.07) is 9.25. The Hall–Kier alpha value is -0.830. The summed E-state index contributed by atoms with van der Waals surface area (Å²) in [7, 11) is 0. The third-order valence-electron chi connectivity index (χ3n) is 2.06. The first-order valence-electron chi connectivity index (χ1n) is 4.23. The third kappa shape index (κ3) is 1.82. The molecule has 1 aromatic heterocycles. The van der Waals surface area contributed by atoms with Crippen molar-refractivity contribution in [2.45, 2.75) is 6.10 Å². The molecule has 1 heterocycles. The smallest absolute Gasteiger partial charge is 0.106 e. The van der Waals surface area contributed by atoms with Gasteiger partial charge < -0.3 is 5.11 Å². The van der Waals surface area contributed by atoms with E-state index in [2.05, 4.69) is 0 Å². The van der Waals surface area contributed by atoms with Crippen LogP contribution in [0.3, 0.4) is 0 Å². The van der Waals surface area contributed by atoms with Gasteiger partial charge in [0.15, 0.2) is 0 Å². The summed E-state index contributed by atoms with van der Waals surface area (Å²) < 4.78 is 0. The quantitative estimate of drug-likeness (QED) is 0.828. The molecule has 14 heavy (non-hydrogen) atoms. The highest BCUT2D eigenvalue weighted by molar-refractivity contribution is 7.07. The topological polar surface area (TPSA) is 20.2 Å². The van der Waals surface area contributed by atoms with Crippen molar-refractivity contribution in [3.8, 4) is 0 Å². The van der Waals surface area contributed by atoms with Gasteiger partial charge in [-0.25, -0.2) is 0 Å². The average Bonchev–Trinajstić information content (AvgIpc) is 2.70. The van der Waals surface area contributed by atoms with E-state index in [0.717, 1.165) is 11.1 Å². The lowest BCUT2D eigenvalue weighted by atomic mass is 10.0. The normalized spacial score (nSPS) is 12.7. The van der Waals surface area contributed by atoms with E-state index in [1.54, 1.807) is 17.4 Å². The number of hydrogen-bond donors (Lipinski definition) is 1. The standard InChI is InChI=1S/C11H9ClOS/c12-10-4-2-1-3-9(10)11(13)8-5-6-14-7-8/h1-7,11,13H. The number of aliphatic hydroxyl groups excluding tert-OH is 1. The van der Waals surface area contributed by atoms with E-state index in [-0.39, 0.29) is 0 Å². The SMILES string of the molecule is OC(c1ccsc1)c1ccccc1Cl. The fourth-order valence-corrected chi connectivity index (χ4v) is 2.22. The second-order valence-corrected chi connectivity index (χ2v) is 4.17. The molecule has 3 heteroatoms. The molecule has 0 aliphatic heterocycles. The largest absolute Gasteiger partial charge is 0.384 e. The fourth-order valence-electron chi connectivity index (χ4n) is 1.31. The average molecular weight is 225 g/mol. The number of thiophene rings is 1. The molecule has 0 fully saturated rings. The number of rotatable bonds is 2. The zero-order valence-electron chi connectivity index (χ0n) is 7.35. The van der Waals surface area contributed by atoms with E-state index in [9.17, 15) is 5.11 Å². The Labute approximate surface area is 91.6 Å². The maximum atomic E-state index is 9.98. The molecule has 1 N–H and O–H groups in total. The Kier molecular flexibility index (Phi) is 2.87. The van der Waals surface area contributed by atoms with Crippen molar-refractivity contribution in [1.29, 1.82) is 0 Å². The lowest BCUT2D eigenvalue weighted by Gasteiger charge is -2.10. The van der Waals surface area contributed by atoms with Crippen LogP contribution in [-0.2, 0) is 0 Å². The molecule has 1 nitrogen and oxygen atoms in total. The van der Waals surface area contributed by atoms with E-state index < -0.39 is 6.10 Å². The van der Waals surface area contributed by atoms with E-state index in [4.69, 9.17) is 11.6 Å². The zero-order chi connectivity index (χ0) is 9.97. The van der Waals surface area contributed by atoms with Crippen molar-refractivity contribution in [3.05, 3.63) is 57.2 Å². The van der Waals surface area contributed by atoms with Crippen LogP contribution in [0, 0.1) is 0 Å². The Morgan fingerprint density at radius 3 is 2.64 bits per heavy atom. The van der Waals surface area contributed by atoms with Crippen LogP contribution in [0.25, 0.3) is 0 Å². The predicted molar refractivity (Wildman–Crippen MR) is 59.8 cm³/mol. The van der Waals surface area contributed by atoms with Gasteiger partial charge in [0.05, 0.1) is 0 Å². The summed E-state index contributed by atoms with van der Waals surface area (Å²) in [5.74, 6) is 0. The molecule has 0 bridgehead atoms. The predicted octanol–water partition coefficient (Wildman–Crippen LogP) is 3.48. The van der Waals surface area contributed by atoms with Gasteiger partial charge in [-0.3, -0.25) is 0 Å². The molecule has 1 unspecified atom stereocenters. The molecule has 0 amide bonds. The summed E-state index contributed by atoms with van der Waals surface area (Å²) in [5.41, 5.74) is 1.65. The Bertz CT molecular complexity index is 411. The minimum absolute atomic E-state index is 0.603. The monoisotopic (exact) mass is 224 g/mol. The number of benzene rings is 1. The molecule has 0 aliphatic carbocycles. The van der Waals surface area contributed by atoms with Gasteiger partial charge in [-0.15, -0.1) is 0 Å². The molecular weight excluding hydrogens is 216 g/mol. The molecule has 0 aliphatic rings. The van der Waals surface area contributed by atoms with E-state index >= 15 is 0 Å². The van der Waals surface area contributed by atoms with Gasteiger partial charge in [-0.1, -0.05) is 29.8 Å². The lowest BCUT2D eigenvalue weighted by molar-refractivity contribution is 0.221. The first-order valence-corrected chi connectivity index (χ1v) is 5.55. The van der Waals surface area contributed by atoms with Crippen LogP contribution in [0.1, 0.15) is 17.2 Å². The van der Waals surface area contributed by atoms with Gasteiger partial charge in [0.1, 0.15) is 6.10 Å². The summed E-state index contributed by atoms with van der Waals surface area (Å²) in [4.78, 5) is 0. The third-order valence-corrected chi connectivity index (χ3v) is 3.10. The van der Waals surface area contributed by atoms with Gasteiger partial charge in [-0.2, -0.15) is 11.3 Å². The molecular formula is C11H9ClOS. The highest BCUT2D eigenvalue weighted by atomic mass is 35.5. The van der Waals surface area contributed by atoms with E-state index in [1.807, 2.05) is 35.0 Å². The van der Waals surface area contributed by atoms with Gasteiger partial charge in [-0.05, 0) is 28.5 Å². The number of hydrogen-bond acceptors (Lipinski definition) is 2. The van der Waals surface area contributed by atoms with Crippen molar-refractivity contribution in [1.82, 2.24) is 0 Å². The van der Waals surface area contributed by atoms with Crippen LogP contribution in [0.5, 0.6) is 0 Å². The molecule has 1 atom stereocenters. The molecule has 72 valence electrons. The first-order chi connectivity index (χ1) is 6.79. The van der Waals surface area contributed by atoms with Crippen LogP contribution in [-0.4, -0.2) is 5.11 Å². The number of aliphatic hydroxyl groups is 1. The second-order valence-electron chi connectivity index (χ2n) is 2.98. The molecule has 0 saturated carbocycles. The summed E-state index contributed by atoms with van der Waals surface area (Å²) in [5, 5.41) is 14.5. The first kappa shape index (κ1) is 9.71. The highest BCUT2D eigenvalue weighted by Gasteiger charge is 2.12. The molecule has 0 radical (unpaired) electrons. The van der Waals surface area contributed by atoms with Crippen molar-refractivity contribution >= 4 is 22.9 Å². The van der Waals surface area contributed by atoms with Gasteiger partial charge in [0, 0.05) is 10.6 Å². The summed E-state index contributed by atoms with van der Waals surface area (Å²) in [6.07, 6.45) is -0.616. The van der Waals surface area contributed by atoms with Crippen LogP contribution in [0.2, 0.25) is 5.02 Å². The van der Waals surface area contributed by atoms with E-state index in [0.29, 0.717) is 5.02 Å². The molecule has 2 aromatic rings. The van der Waals surface area contributed by atoms with Crippen molar-refractivity contribution in [2.24, 2.45) is 0 Å². The Balaban J connectivity index is 2.37. The fraction of sp³-hybridized carbons (Fsp3) is 0.0909. The molecule has 1 aromatic carbocycles. The van der Waals surface area contributed by atoms with Crippen molar-refractivity contribution in [2.75, 3.05) is 0 Å². The maximum absolute atomic E-state index is 9.98.